The molecule has 2 saturated heterocycles. The molecular formula is C50H55I3O20. The summed E-state index contributed by atoms with van der Waals surface area (Å²) >= 11 is 2.01. The predicted octanol–water partition coefficient (Wildman–Crippen LogP) is 2.47. The van der Waals surface area contributed by atoms with Gasteiger partial charge in [0.2, 0.25) is 0 Å². The Hall–Kier alpha value is -4.73. The van der Waals surface area contributed by atoms with Crippen LogP contribution < -0.4 is 9.47 Å². The summed E-state index contributed by atoms with van der Waals surface area (Å²) in [7, 11) is 7.95. The normalized spacial score (nSPS) is 22.6. The van der Waals surface area contributed by atoms with Gasteiger partial charge in [0, 0.05) is 9.13 Å². The van der Waals surface area contributed by atoms with E-state index >= 15 is 0 Å². The molecule has 2 fully saturated rings. The van der Waals surface area contributed by atoms with E-state index in [2.05, 4.69) is 27.2 Å². The van der Waals surface area contributed by atoms with E-state index in [0.717, 1.165) is 3.57 Å². The molecule has 396 valence electrons. The second-order valence-corrected chi connectivity index (χ2v) is 16.6. The summed E-state index contributed by atoms with van der Waals surface area (Å²) in [5.74, 6) is 6.89. The number of esters is 4. The van der Waals surface area contributed by atoms with Crippen LogP contribution in [0.15, 0.2) is 72.8 Å². The smallest absolute Gasteiger partial charge is 0.337 e. The van der Waals surface area contributed by atoms with Gasteiger partial charge in [0.15, 0.2) is 0 Å². The van der Waals surface area contributed by atoms with E-state index < -0.39 is 98.1 Å². The van der Waals surface area contributed by atoms with Crippen molar-refractivity contribution < 1.29 is 97.9 Å². The number of terminal acetylenes is 1. The average molecular weight is 1360 g/mol. The maximum absolute atomic E-state index is 12.0. The van der Waals surface area contributed by atoms with Crippen molar-refractivity contribution in [1.29, 1.82) is 0 Å². The molecule has 10 atom stereocenters. The van der Waals surface area contributed by atoms with Crippen LogP contribution in [0.4, 0.5) is 0 Å². The van der Waals surface area contributed by atoms with Crippen LogP contribution in [0.3, 0.4) is 0 Å². The third-order valence-electron chi connectivity index (χ3n) is 10.9. The fourth-order valence-electron chi connectivity index (χ4n) is 7.14. The topological polar surface area (TPSA) is 304 Å². The zero-order valence-corrected chi connectivity index (χ0v) is 46.7. The zero-order valence-electron chi connectivity index (χ0n) is 39.9. The number of aliphatic hydroxyl groups excluding tert-OH is 8. The third-order valence-corrected chi connectivity index (χ3v) is 11.5. The van der Waals surface area contributed by atoms with Crippen LogP contribution in [0.1, 0.15) is 81.5 Å². The van der Waals surface area contributed by atoms with Crippen molar-refractivity contribution in [2.75, 3.05) is 55.9 Å². The van der Waals surface area contributed by atoms with Gasteiger partial charge >= 0.3 is 23.9 Å². The van der Waals surface area contributed by atoms with E-state index in [0.29, 0.717) is 50.4 Å². The first-order chi connectivity index (χ1) is 33.8. The molecule has 2 aliphatic rings. The molecule has 2 aliphatic heterocycles. The first-order valence-corrected chi connectivity index (χ1v) is 22.2. The van der Waals surface area contributed by atoms with Gasteiger partial charge in [-0.05, 0) is 94.4 Å². The summed E-state index contributed by atoms with van der Waals surface area (Å²) in [6.45, 7) is -1.02. The Bertz CT molecular complexity index is 2560. The first-order valence-electron chi connectivity index (χ1n) is 21.1. The van der Waals surface area contributed by atoms with Gasteiger partial charge in [0.05, 0.1) is 89.3 Å². The Morgan fingerprint density at radius 1 is 0.521 bits per heavy atom. The lowest BCUT2D eigenvalue weighted by atomic mass is 9.90. The fraction of sp³-hybridized carbons (Fsp3) is 0.360. The minimum atomic E-state index is -1.53. The molecule has 6 rings (SSSR count). The third kappa shape index (κ3) is 16.4. The van der Waals surface area contributed by atoms with Gasteiger partial charge in [-0.15, -0.1) is 54.4 Å². The average Bonchev–Trinajstić information content (AvgIpc) is 3.40. The van der Waals surface area contributed by atoms with E-state index in [4.69, 9.17) is 34.8 Å². The van der Waals surface area contributed by atoms with Crippen LogP contribution in [0.5, 0.6) is 11.5 Å². The minimum absolute atomic E-state index is 0. The highest BCUT2D eigenvalue weighted by atomic mass is 127. The number of hydrogen-bond donors (Lipinski definition) is 8. The molecule has 0 amide bonds. The lowest BCUT2D eigenvalue weighted by molar-refractivity contribution is -0.231. The molecule has 20 nitrogen and oxygen atoms in total. The van der Waals surface area contributed by atoms with Gasteiger partial charge in [0.1, 0.15) is 72.5 Å². The van der Waals surface area contributed by atoms with Crippen LogP contribution in [0.2, 0.25) is 0 Å². The van der Waals surface area contributed by atoms with Gasteiger partial charge in [0.25, 0.3) is 0 Å². The molecule has 2 heterocycles. The Balaban J connectivity index is 0.000000408. The molecule has 0 saturated carbocycles. The Kier molecular flexibility index (Phi) is 27.0. The molecule has 73 heavy (non-hydrogen) atoms. The first kappa shape index (κ1) is 64.4. The lowest BCUT2D eigenvalue weighted by Crippen LogP contribution is -2.55. The van der Waals surface area contributed by atoms with Crippen LogP contribution in [0, 0.1) is 27.8 Å². The number of halogens is 3. The van der Waals surface area contributed by atoms with E-state index in [-0.39, 0.29) is 59.1 Å². The number of rotatable bonds is 10. The quantitative estimate of drug-likeness (QED) is 0.0490. The molecule has 4 aromatic rings. The number of hydrogen-bond acceptors (Lipinski definition) is 20. The lowest BCUT2D eigenvalue weighted by Gasteiger charge is -2.40. The molecule has 8 N–H and O–H groups in total. The maximum Gasteiger partial charge on any atom is 0.337 e. The molecule has 0 bridgehead atoms. The number of methoxy groups -OCH3 is 6. The zero-order chi connectivity index (χ0) is 52.7. The van der Waals surface area contributed by atoms with Crippen molar-refractivity contribution in [2.45, 2.75) is 61.0 Å². The minimum Gasteiger partial charge on any atom is -0.495 e. The summed E-state index contributed by atoms with van der Waals surface area (Å²) < 4.78 is 40.9. The number of carbonyl (C=O) groups excluding carboxylic acids is 4. The van der Waals surface area contributed by atoms with E-state index in [9.17, 15) is 60.0 Å². The highest BCUT2D eigenvalue weighted by molar-refractivity contribution is 14.1. The number of ether oxygens (including phenoxy) is 8. The van der Waals surface area contributed by atoms with Crippen molar-refractivity contribution in [2.24, 2.45) is 0 Å². The van der Waals surface area contributed by atoms with Crippen molar-refractivity contribution in [3.63, 3.8) is 0 Å². The fourth-order valence-corrected chi connectivity index (χ4v) is 7.81. The molecule has 4 aromatic carbocycles. The Morgan fingerprint density at radius 3 is 1.22 bits per heavy atom. The van der Waals surface area contributed by atoms with E-state index in [1.165, 1.54) is 66.9 Å². The van der Waals surface area contributed by atoms with Crippen LogP contribution in [-0.2, 0) is 28.4 Å². The van der Waals surface area contributed by atoms with Crippen molar-refractivity contribution in [3.05, 3.63) is 126 Å². The highest BCUT2D eigenvalue weighted by Gasteiger charge is 2.45. The van der Waals surface area contributed by atoms with Crippen LogP contribution in [-0.4, -0.2) is 169 Å². The molecule has 23 heteroatoms. The van der Waals surface area contributed by atoms with Gasteiger partial charge in [-0.3, -0.25) is 0 Å². The molecule has 0 unspecified atom stereocenters. The summed E-state index contributed by atoms with van der Waals surface area (Å²) in [5.41, 5.74) is 3.04. The monoisotopic (exact) mass is 1360 g/mol. The summed E-state index contributed by atoms with van der Waals surface area (Å²) in [4.78, 5) is 46.5. The summed E-state index contributed by atoms with van der Waals surface area (Å²) in [5, 5.41) is 78.8. The molecule has 0 aromatic heterocycles. The molecule has 0 aliphatic carbocycles. The summed E-state index contributed by atoms with van der Waals surface area (Å²) in [6, 6.07) is 18.6. The van der Waals surface area contributed by atoms with Gasteiger partial charge in [-0.1, -0.05) is 29.9 Å². The second kappa shape index (κ2) is 30.6. The van der Waals surface area contributed by atoms with E-state index in [1.54, 1.807) is 48.5 Å². The molecular weight excluding hydrogens is 1300 g/mol. The van der Waals surface area contributed by atoms with Crippen LogP contribution in [0.25, 0.3) is 0 Å². The largest absolute Gasteiger partial charge is 0.495 e. The Morgan fingerprint density at radius 2 is 0.877 bits per heavy atom. The SMILES string of the molecule is C#Cc1cc([C@H]2O[C@H](CO)[C@@H](O)[C@H](O)[C@@H]2O)ccc1OC.COC(=O)c1cc(C#Cc2cc([C@H]3O[C@H](CO)[C@@H](O)[C@H](O)[C@@H]3O)ccc2OC)cc(C(=O)OC)c1.COC(=O)c1cc(I)cc(C(=O)OC)c1.I.I. The Labute approximate surface area is 468 Å². The molecule has 0 spiro atoms. The van der Waals surface area contributed by atoms with Crippen molar-refractivity contribution in [3.8, 4) is 35.7 Å². The summed E-state index contributed by atoms with van der Waals surface area (Å²) in [6.07, 6.45) is -7.17. The predicted molar refractivity (Wildman–Crippen MR) is 287 cm³/mol. The van der Waals surface area contributed by atoms with E-state index in [1.807, 2.05) is 22.6 Å². The second-order valence-electron chi connectivity index (χ2n) is 15.3. The molecule has 0 radical (unpaired) electrons. The standard InChI is InChI=1S/C25H26O10.C15H18O6.C10H9IO4.2HI/c1-32-18-7-6-15(23-22(29)21(28)20(27)19(12-26)35-23)10-14(18)5-4-13-8-16(24(30)33-2)11-17(9-13)25(31)34-3;1-3-8-6-9(4-5-10(8)20-2)15-14(19)13(18)12(17)11(7-16)21-15;1-14-9(12)6-3-7(10(13)15-2)5-8(11)4-6;;/h6-11,19-23,26-29H,12H2,1-3H3;1,4-6,11-19H,7H2,2H3;3-5H,1-2H3;2*1H/t19-,20-,21+,22+,23-;11-,12-,13+,14+,15-;;;/m11.../s1. The van der Waals surface area contributed by atoms with Gasteiger partial charge < -0.3 is 78.7 Å². The highest BCUT2D eigenvalue weighted by Crippen LogP contribution is 2.36. The number of benzene rings is 4. The maximum atomic E-state index is 12.0. The van der Waals surface area contributed by atoms with Crippen molar-refractivity contribution in [1.82, 2.24) is 0 Å². The van der Waals surface area contributed by atoms with Gasteiger partial charge in [-0.25, -0.2) is 19.2 Å². The van der Waals surface area contributed by atoms with Gasteiger partial charge in [-0.2, -0.15) is 0 Å². The number of aliphatic hydroxyl groups is 8. The van der Waals surface area contributed by atoms with Crippen molar-refractivity contribution >= 4 is 94.4 Å². The number of carbonyl (C=O) groups is 4. The van der Waals surface area contributed by atoms with Crippen LogP contribution >= 0.6 is 70.5 Å².